The zero-order chi connectivity index (χ0) is 13.9. The van der Waals surface area contributed by atoms with Crippen LogP contribution in [0.3, 0.4) is 0 Å². The van der Waals surface area contributed by atoms with E-state index in [9.17, 15) is 13.2 Å². The molecule has 0 amide bonds. The number of pyridine rings is 1. The Morgan fingerprint density at radius 2 is 2.16 bits per heavy atom. The third-order valence-electron chi connectivity index (χ3n) is 3.32. The molecule has 3 nitrogen and oxygen atoms in total. The molecular weight excluding hydrogens is 255 g/mol. The van der Waals surface area contributed by atoms with E-state index in [1.165, 1.54) is 18.9 Å². The lowest BCUT2D eigenvalue weighted by Crippen LogP contribution is -2.42. The Labute approximate surface area is 110 Å². The molecule has 6 heteroatoms. The second kappa shape index (κ2) is 5.77. The van der Waals surface area contributed by atoms with Crippen molar-refractivity contribution in [3.05, 3.63) is 23.9 Å². The van der Waals surface area contributed by atoms with E-state index in [0.29, 0.717) is 18.4 Å². The third kappa shape index (κ3) is 3.83. The van der Waals surface area contributed by atoms with E-state index in [2.05, 4.69) is 10.3 Å². The second-order valence-electron chi connectivity index (χ2n) is 4.91. The molecule has 1 fully saturated rings. The van der Waals surface area contributed by atoms with Gasteiger partial charge in [-0.05, 0) is 31.5 Å². The number of nitrogens with zero attached hydrogens (tertiary/aromatic N) is 2. The van der Waals surface area contributed by atoms with Crippen LogP contribution >= 0.6 is 0 Å². The maximum Gasteiger partial charge on any atom is 0.433 e. The lowest BCUT2D eigenvalue weighted by Gasteiger charge is -2.29. The first-order valence-electron chi connectivity index (χ1n) is 6.45. The van der Waals surface area contributed by atoms with Gasteiger partial charge < -0.3 is 10.2 Å². The van der Waals surface area contributed by atoms with Gasteiger partial charge in [-0.3, -0.25) is 0 Å². The number of likely N-dealkylation sites (N-methyl/N-ethyl adjacent to an activating group) is 1. The minimum atomic E-state index is -4.39. The van der Waals surface area contributed by atoms with Crippen molar-refractivity contribution in [3.63, 3.8) is 0 Å². The number of halogens is 3. The first-order valence-corrected chi connectivity index (χ1v) is 6.45. The van der Waals surface area contributed by atoms with Crippen molar-refractivity contribution in [1.29, 1.82) is 0 Å². The highest BCUT2D eigenvalue weighted by molar-refractivity contribution is 5.39. The third-order valence-corrected chi connectivity index (χ3v) is 3.32. The fraction of sp³-hybridized carbons (Fsp3) is 0.615. The van der Waals surface area contributed by atoms with Crippen LogP contribution in [0.4, 0.5) is 19.0 Å². The van der Waals surface area contributed by atoms with E-state index in [4.69, 9.17) is 0 Å². The molecule has 0 saturated carbocycles. The van der Waals surface area contributed by atoms with Crippen molar-refractivity contribution >= 4 is 5.82 Å². The number of aromatic nitrogens is 1. The zero-order valence-corrected chi connectivity index (χ0v) is 10.9. The Hall–Kier alpha value is -1.30. The molecule has 1 aromatic rings. The van der Waals surface area contributed by atoms with Crippen LogP contribution in [0, 0.1) is 0 Å². The average Bonchev–Trinajstić information content (AvgIpc) is 2.39. The van der Waals surface area contributed by atoms with Gasteiger partial charge in [0, 0.05) is 19.6 Å². The van der Waals surface area contributed by atoms with Crippen molar-refractivity contribution in [3.8, 4) is 0 Å². The van der Waals surface area contributed by atoms with Crippen LogP contribution in [-0.2, 0) is 6.18 Å². The van der Waals surface area contributed by atoms with Crippen molar-refractivity contribution in [2.75, 3.05) is 25.0 Å². The molecule has 0 radical (unpaired) electrons. The van der Waals surface area contributed by atoms with E-state index < -0.39 is 11.9 Å². The molecule has 0 bridgehead atoms. The summed E-state index contributed by atoms with van der Waals surface area (Å²) >= 11 is 0. The average molecular weight is 273 g/mol. The Kier molecular flexibility index (Phi) is 4.29. The van der Waals surface area contributed by atoms with Crippen molar-refractivity contribution in [2.45, 2.75) is 31.5 Å². The normalized spacial score (nSPS) is 20.3. The summed E-state index contributed by atoms with van der Waals surface area (Å²) in [5.41, 5.74) is -0.839. The van der Waals surface area contributed by atoms with E-state index in [1.54, 1.807) is 18.0 Å². The van der Waals surface area contributed by atoms with Gasteiger partial charge in [0.05, 0.1) is 0 Å². The fourth-order valence-corrected chi connectivity index (χ4v) is 2.30. The van der Waals surface area contributed by atoms with Gasteiger partial charge in [-0.2, -0.15) is 13.2 Å². The Bertz CT molecular complexity index is 414. The molecule has 1 unspecified atom stereocenters. The van der Waals surface area contributed by atoms with Gasteiger partial charge in [-0.1, -0.05) is 12.5 Å². The number of hydrogen-bond acceptors (Lipinski definition) is 3. The fourth-order valence-electron chi connectivity index (χ4n) is 2.30. The molecule has 1 N–H and O–H groups in total. The summed E-state index contributed by atoms with van der Waals surface area (Å²) in [7, 11) is 1.78. The molecule has 0 spiro atoms. The Balaban J connectivity index is 2.04. The lowest BCUT2D eigenvalue weighted by atomic mass is 10.0. The molecule has 1 aromatic heterocycles. The summed E-state index contributed by atoms with van der Waals surface area (Å²) < 4.78 is 37.8. The molecule has 1 atom stereocenters. The van der Waals surface area contributed by atoms with Crippen LogP contribution in [0.2, 0.25) is 0 Å². The largest absolute Gasteiger partial charge is 0.433 e. The zero-order valence-electron chi connectivity index (χ0n) is 10.9. The molecular formula is C13H18F3N3. The Morgan fingerprint density at radius 3 is 2.79 bits per heavy atom. The predicted molar refractivity (Wildman–Crippen MR) is 68.2 cm³/mol. The van der Waals surface area contributed by atoms with Crippen LogP contribution in [0.1, 0.15) is 25.0 Å². The molecule has 1 aliphatic rings. The van der Waals surface area contributed by atoms with Gasteiger partial charge in [-0.25, -0.2) is 4.98 Å². The first kappa shape index (κ1) is 14.1. The number of piperidine rings is 1. The van der Waals surface area contributed by atoms with Gasteiger partial charge in [0.25, 0.3) is 0 Å². The highest BCUT2D eigenvalue weighted by Gasteiger charge is 2.32. The predicted octanol–water partition coefficient (Wildman–Crippen LogP) is 2.68. The van der Waals surface area contributed by atoms with Gasteiger partial charge in [0.2, 0.25) is 0 Å². The van der Waals surface area contributed by atoms with E-state index in [-0.39, 0.29) is 0 Å². The van der Waals surface area contributed by atoms with Crippen LogP contribution in [0.5, 0.6) is 0 Å². The minimum Gasteiger partial charge on any atom is -0.358 e. The summed E-state index contributed by atoms with van der Waals surface area (Å²) in [6, 6.07) is 4.33. The highest BCUT2D eigenvalue weighted by Crippen LogP contribution is 2.28. The second-order valence-corrected chi connectivity index (χ2v) is 4.91. The smallest absolute Gasteiger partial charge is 0.358 e. The number of nitrogens with one attached hydrogen (secondary N) is 1. The molecule has 106 valence electrons. The summed E-state index contributed by atoms with van der Waals surface area (Å²) in [4.78, 5) is 5.46. The summed E-state index contributed by atoms with van der Waals surface area (Å²) in [5, 5.41) is 3.37. The van der Waals surface area contributed by atoms with Crippen LogP contribution in [0.25, 0.3) is 0 Å². The molecule has 0 aliphatic carbocycles. The minimum absolute atomic E-state index is 0.329. The topological polar surface area (TPSA) is 28.2 Å². The van der Waals surface area contributed by atoms with Crippen LogP contribution in [0.15, 0.2) is 18.2 Å². The monoisotopic (exact) mass is 273 g/mol. The molecule has 2 heterocycles. The van der Waals surface area contributed by atoms with Crippen molar-refractivity contribution in [1.82, 2.24) is 10.3 Å². The van der Waals surface area contributed by atoms with Crippen LogP contribution in [-0.4, -0.2) is 31.2 Å². The van der Waals surface area contributed by atoms with E-state index in [0.717, 1.165) is 19.0 Å². The number of anilines is 1. The standard InChI is InChI=1S/C13H18F3N3/c1-19(9-10-5-2-3-8-17-10)12-7-4-6-11(18-12)13(14,15)16/h4,6-7,10,17H,2-3,5,8-9H2,1H3. The van der Waals surface area contributed by atoms with Gasteiger partial charge >= 0.3 is 6.18 Å². The van der Waals surface area contributed by atoms with Crippen LogP contribution < -0.4 is 10.2 Å². The highest BCUT2D eigenvalue weighted by atomic mass is 19.4. The molecule has 0 aromatic carbocycles. The van der Waals surface area contributed by atoms with Gasteiger partial charge in [-0.15, -0.1) is 0 Å². The van der Waals surface area contributed by atoms with E-state index in [1.807, 2.05) is 0 Å². The number of hydrogen-bond donors (Lipinski definition) is 1. The number of rotatable bonds is 3. The first-order chi connectivity index (χ1) is 8.97. The van der Waals surface area contributed by atoms with Crippen molar-refractivity contribution in [2.24, 2.45) is 0 Å². The summed E-state index contributed by atoms with van der Waals surface area (Å²) in [5.74, 6) is 0.363. The maximum absolute atomic E-state index is 12.6. The lowest BCUT2D eigenvalue weighted by molar-refractivity contribution is -0.141. The van der Waals surface area contributed by atoms with E-state index >= 15 is 0 Å². The molecule has 1 saturated heterocycles. The summed E-state index contributed by atoms with van der Waals surface area (Å²) in [6.45, 7) is 1.66. The Morgan fingerprint density at radius 1 is 1.37 bits per heavy atom. The van der Waals surface area contributed by atoms with Gasteiger partial charge in [0.1, 0.15) is 11.5 Å². The maximum atomic E-state index is 12.6. The van der Waals surface area contributed by atoms with Gasteiger partial charge in [0.15, 0.2) is 0 Å². The molecule has 2 rings (SSSR count). The summed E-state index contributed by atoms with van der Waals surface area (Å²) in [6.07, 6.45) is -0.993. The van der Waals surface area contributed by atoms with Crippen molar-refractivity contribution < 1.29 is 13.2 Å². The SMILES string of the molecule is CN(CC1CCCCN1)c1cccc(C(F)(F)F)n1. The molecule has 19 heavy (non-hydrogen) atoms. The number of alkyl halides is 3. The molecule has 1 aliphatic heterocycles. The quantitative estimate of drug-likeness (QED) is 0.917.